The van der Waals surface area contributed by atoms with Crippen molar-refractivity contribution in [3.63, 3.8) is 0 Å². The molecule has 0 aromatic heterocycles. The highest BCUT2D eigenvalue weighted by molar-refractivity contribution is 5.32. The SMILES string of the molecule is Cc1ccc([C@]2(C)CC[C@@H](O)C2(C)C)cc1. The van der Waals surface area contributed by atoms with Crippen LogP contribution >= 0.6 is 0 Å². The van der Waals surface area contributed by atoms with E-state index in [0.717, 1.165) is 12.8 Å². The molecule has 0 spiro atoms. The second-order valence-electron chi connectivity index (χ2n) is 5.97. The fourth-order valence-corrected chi connectivity index (χ4v) is 2.91. The average molecular weight is 218 g/mol. The van der Waals surface area contributed by atoms with Gasteiger partial charge in [-0.15, -0.1) is 0 Å². The van der Waals surface area contributed by atoms with Gasteiger partial charge in [-0.2, -0.15) is 0 Å². The molecule has 1 aliphatic carbocycles. The lowest BCUT2D eigenvalue weighted by Gasteiger charge is -2.40. The van der Waals surface area contributed by atoms with Crippen LogP contribution in [0.15, 0.2) is 24.3 Å². The lowest BCUT2D eigenvalue weighted by Crippen LogP contribution is -2.40. The fourth-order valence-electron chi connectivity index (χ4n) is 2.91. The highest BCUT2D eigenvalue weighted by atomic mass is 16.3. The van der Waals surface area contributed by atoms with E-state index in [4.69, 9.17) is 0 Å². The second kappa shape index (κ2) is 3.59. The van der Waals surface area contributed by atoms with Crippen molar-refractivity contribution in [2.45, 2.75) is 52.1 Å². The Bertz CT molecular complexity index is 377. The molecule has 88 valence electrons. The van der Waals surface area contributed by atoms with Crippen molar-refractivity contribution in [2.24, 2.45) is 5.41 Å². The first-order valence-electron chi connectivity index (χ1n) is 6.13. The second-order valence-corrected chi connectivity index (χ2v) is 5.97. The Kier molecular flexibility index (Phi) is 2.62. The molecule has 1 fully saturated rings. The third-order valence-corrected chi connectivity index (χ3v) is 4.86. The molecule has 0 saturated heterocycles. The first-order chi connectivity index (χ1) is 7.38. The average Bonchev–Trinajstić information content (AvgIpc) is 2.44. The van der Waals surface area contributed by atoms with E-state index in [1.54, 1.807) is 0 Å². The first-order valence-corrected chi connectivity index (χ1v) is 6.13. The Hall–Kier alpha value is -0.820. The van der Waals surface area contributed by atoms with Gasteiger partial charge in [0.2, 0.25) is 0 Å². The summed E-state index contributed by atoms with van der Waals surface area (Å²) < 4.78 is 0. The molecular formula is C15H22O. The molecule has 0 unspecified atom stereocenters. The summed E-state index contributed by atoms with van der Waals surface area (Å²) in [7, 11) is 0. The molecule has 1 saturated carbocycles. The minimum absolute atomic E-state index is 0.0394. The van der Waals surface area contributed by atoms with Gasteiger partial charge in [0.1, 0.15) is 0 Å². The van der Waals surface area contributed by atoms with Gasteiger partial charge in [0.15, 0.2) is 0 Å². The molecular weight excluding hydrogens is 196 g/mol. The maximum atomic E-state index is 10.1. The van der Waals surface area contributed by atoms with Gasteiger partial charge >= 0.3 is 0 Å². The number of benzene rings is 1. The van der Waals surface area contributed by atoms with Crippen molar-refractivity contribution < 1.29 is 5.11 Å². The Labute approximate surface area is 98.5 Å². The summed E-state index contributed by atoms with van der Waals surface area (Å²) in [6, 6.07) is 8.77. The zero-order valence-corrected chi connectivity index (χ0v) is 10.7. The standard InChI is InChI=1S/C15H22O/c1-11-5-7-12(8-6-11)15(4)10-9-13(16)14(15,2)3/h5-8,13,16H,9-10H2,1-4H3/t13-,15+/m1/s1. The van der Waals surface area contributed by atoms with Gasteiger partial charge in [-0.1, -0.05) is 50.6 Å². The topological polar surface area (TPSA) is 20.2 Å². The Morgan fingerprint density at radius 2 is 1.69 bits per heavy atom. The van der Waals surface area contributed by atoms with Crippen LogP contribution in [0.2, 0.25) is 0 Å². The van der Waals surface area contributed by atoms with E-state index in [9.17, 15) is 5.11 Å². The largest absolute Gasteiger partial charge is 0.393 e. The molecule has 1 aromatic rings. The van der Waals surface area contributed by atoms with Crippen molar-refractivity contribution >= 4 is 0 Å². The van der Waals surface area contributed by atoms with Crippen LogP contribution in [-0.4, -0.2) is 11.2 Å². The molecule has 0 amide bonds. The van der Waals surface area contributed by atoms with Gasteiger partial charge < -0.3 is 5.11 Å². The van der Waals surface area contributed by atoms with E-state index in [-0.39, 0.29) is 16.9 Å². The minimum Gasteiger partial charge on any atom is -0.393 e. The molecule has 1 N–H and O–H groups in total. The number of aliphatic hydroxyl groups is 1. The molecule has 2 atom stereocenters. The predicted octanol–water partition coefficient (Wildman–Crippen LogP) is 3.43. The van der Waals surface area contributed by atoms with E-state index >= 15 is 0 Å². The zero-order chi connectivity index (χ0) is 12.0. The normalized spacial score (nSPS) is 32.9. The summed E-state index contributed by atoms with van der Waals surface area (Å²) in [6.45, 7) is 8.77. The van der Waals surface area contributed by atoms with Gasteiger partial charge in [-0.05, 0) is 25.3 Å². The number of aliphatic hydroxyl groups excluding tert-OH is 1. The first kappa shape index (κ1) is 11.7. The molecule has 1 aromatic carbocycles. The van der Waals surface area contributed by atoms with Gasteiger partial charge in [-0.25, -0.2) is 0 Å². The van der Waals surface area contributed by atoms with E-state index < -0.39 is 0 Å². The lowest BCUT2D eigenvalue weighted by atomic mass is 9.64. The predicted molar refractivity (Wildman–Crippen MR) is 67.6 cm³/mol. The Balaban J connectivity index is 2.43. The zero-order valence-electron chi connectivity index (χ0n) is 10.7. The molecule has 1 heteroatoms. The van der Waals surface area contributed by atoms with Crippen LogP contribution in [0.5, 0.6) is 0 Å². The van der Waals surface area contributed by atoms with E-state index in [2.05, 4.69) is 52.0 Å². The molecule has 1 aliphatic rings. The Morgan fingerprint density at radius 1 is 1.12 bits per heavy atom. The van der Waals surface area contributed by atoms with E-state index in [1.807, 2.05) is 0 Å². The summed E-state index contributed by atoms with van der Waals surface area (Å²) in [5, 5.41) is 10.1. The van der Waals surface area contributed by atoms with Crippen LogP contribution in [-0.2, 0) is 5.41 Å². The van der Waals surface area contributed by atoms with Crippen LogP contribution in [0.3, 0.4) is 0 Å². The minimum atomic E-state index is -0.182. The van der Waals surface area contributed by atoms with Crippen LogP contribution < -0.4 is 0 Å². The number of aryl methyl sites for hydroxylation is 1. The van der Waals surface area contributed by atoms with Crippen molar-refractivity contribution in [3.05, 3.63) is 35.4 Å². The van der Waals surface area contributed by atoms with Gasteiger partial charge in [0.25, 0.3) is 0 Å². The van der Waals surface area contributed by atoms with Crippen LogP contribution in [0.4, 0.5) is 0 Å². The van der Waals surface area contributed by atoms with Crippen molar-refractivity contribution in [1.29, 1.82) is 0 Å². The van der Waals surface area contributed by atoms with Crippen molar-refractivity contribution in [3.8, 4) is 0 Å². The fraction of sp³-hybridized carbons (Fsp3) is 0.600. The Morgan fingerprint density at radius 3 is 2.12 bits per heavy atom. The summed E-state index contributed by atoms with van der Waals surface area (Å²) >= 11 is 0. The monoisotopic (exact) mass is 218 g/mol. The molecule has 1 nitrogen and oxygen atoms in total. The molecule has 0 aliphatic heterocycles. The molecule has 0 bridgehead atoms. The highest BCUT2D eigenvalue weighted by Crippen LogP contribution is 2.53. The van der Waals surface area contributed by atoms with E-state index in [1.165, 1.54) is 11.1 Å². The maximum Gasteiger partial charge on any atom is 0.0599 e. The third-order valence-electron chi connectivity index (χ3n) is 4.86. The van der Waals surface area contributed by atoms with Crippen molar-refractivity contribution in [2.75, 3.05) is 0 Å². The van der Waals surface area contributed by atoms with Gasteiger partial charge in [0, 0.05) is 10.8 Å². The van der Waals surface area contributed by atoms with Crippen LogP contribution in [0.25, 0.3) is 0 Å². The summed E-state index contributed by atoms with van der Waals surface area (Å²) in [5.74, 6) is 0. The maximum absolute atomic E-state index is 10.1. The molecule has 0 heterocycles. The molecule has 2 rings (SSSR count). The molecule has 0 radical (unpaired) electrons. The number of hydrogen-bond donors (Lipinski definition) is 1. The quantitative estimate of drug-likeness (QED) is 0.765. The summed E-state index contributed by atoms with van der Waals surface area (Å²) in [4.78, 5) is 0. The summed E-state index contributed by atoms with van der Waals surface area (Å²) in [5.41, 5.74) is 2.71. The van der Waals surface area contributed by atoms with Gasteiger partial charge in [-0.3, -0.25) is 0 Å². The highest BCUT2D eigenvalue weighted by Gasteiger charge is 2.51. The van der Waals surface area contributed by atoms with E-state index in [0.29, 0.717) is 0 Å². The number of rotatable bonds is 1. The van der Waals surface area contributed by atoms with Crippen LogP contribution in [0.1, 0.15) is 44.7 Å². The van der Waals surface area contributed by atoms with Gasteiger partial charge in [0.05, 0.1) is 6.10 Å². The number of hydrogen-bond acceptors (Lipinski definition) is 1. The van der Waals surface area contributed by atoms with Crippen LogP contribution in [0, 0.1) is 12.3 Å². The summed E-state index contributed by atoms with van der Waals surface area (Å²) in [6.07, 6.45) is 1.81. The smallest absolute Gasteiger partial charge is 0.0599 e. The molecule has 16 heavy (non-hydrogen) atoms. The van der Waals surface area contributed by atoms with Crippen molar-refractivity contribution in [1.82, 2.24) is 0 Å². The lowest BCUT2D eigenvalue weighted by molar-refractivity contribution is 0.0450. The third kappa shape index (κ3) is 1.49.